The molecule has 0 aliphatic carbocycles. The van der Waals surface area contributed by atoms with Crippen LogP contribution in [0, 0.1) is 0 Å². The first-order chi connectivity index (χ1) is 14.0. The van der Waals surface area contributed by atoms with Crippen molar-refractivity contribution in [3.8, 4) is 5.75 Å². The molecule has 0 saturated carbocycles. The third kappa shape index (κ3) is 4.95. The van der Waals surface area contributed by atoms with Crippen molar-refractivity contribution in [2.24, 2.45) is 0 Å². The van der Waals surface area contributed by atoms with Gasteiger partial charge >= 0.3 is 0 Å². The lowest BCUT2D eigenvalue weighted by Gasteiger charge is -2.30. The zero-order valence-corrected chi connectivity index (χ0v) is 16.8. The third-order valence-electron chi connectivity index (χ3n) is 4.32. The molecule has 3 rings (SSSR count). The number of amides is 2. The second-order valence-corrected chi connectivity index (χ2v) is 6.60. The Kier molecular flexibility index (Phi) is 6.87. The van der Waals surface area contributed by atoms with E-state index in [-0.39, 0.29) is 24.8 Å². The number of ether oxygens (including phenoxy) is 3. The van der Waals surface area contributed by atoms with Crippen LogP contribution in [0.5, 0.6) is 5.75 Å². The number of fused-ring (bicyclic) bond motifs is 1. The van der Waals surface area contributed by atoms with Crippen LogP contribution >= 0.6 is 11.6 Å². The Hall–Kier alpha value is -2.87. The van der Waals surface area contributed by atoms with Gasteiger partial charge in [-0.2, -0.15) is 0 Å². The number of rotatable bonds is 7. The molecule has 0 atom stereocenters. The molecule has 2 amide bonds. The first kappa shape index (κ1) is 20.9. The minimum Gasteiger partial charge on any atom is -0.449 e. The normalized spacial score (nSPS) is 14.7. The summed E-state index contributed by atoms with van der Waals surface area (Å²) in [5.41, 5.74) is 1.16. The number of nitrogens with one attached hydrogen (secondary N) is 1. The minimum absolute atomic E-state index is 0.0799. The van der Waals surface area contributed by atoms with Gasteiger partial charge in [0.15, 0.2) is 17.8 Å². The van der Waals surface area contributed by atoms with E-state index in [0.29, 0.717) is 22.0 Å². The lowest BCUT2D eigenvalue weighted by Crippen LogP contribution is -2.45. The number of para-hydroxylation sites is 2. The van der Waals surface area contributed by atoms with Crippen molar-refractivity contribution in [1.82, 2.24) is 5.32 Å². The van der Waals surface area contributed by atoms with Crippen molar-refractivity contribution in [2.45, 2.75) is 6.29 Å². The van der Waals surface area contributed by atoms with E-state index in [1.54, 1.807) is 48.5 Å². The van der Waals surface area contributed by atoms with Gasteiger partial charge in [0, 0.05) is 19.2 Å². The molecule has 0 saturated heterocycles. The topological polar surface area (TPSA) is 77.1 Å². The van der Waals surface area contributed by atoms with Gasteiger partial charge in [-0.25, -0.2) is 0 Å². The lowest BCUT2D eigenvalue weighted by molar-refractivity contribution is -0.127. The molecule has 0 fully saturated rings. The summed E-state index contributed by atoms with van der Waals surface area (Å²) in [6.07, 6.45) is 1.000. The number of carbonyl (C=O) groups is 2. The summed E-state index contributed by atoms with van der Waals surface area (Å²) < 4.78 is 15.9. The maximum atomic E-state index is 13.1. The van der Waals surface area contributed by atoms with E-state index in [9.17, 15) is 9.59 Å². The van der Waals surface area contributed by atoms with E-state index in [2.05, 4.69) is 5.32 Å². The van der Waals surface area contributed by atoms with E-state index in [0.717, 1.165) is 0 Å². The summed E-state index contributed by atoms with van der Waals surface area (Å²) in [5, 5.41) is 3.18. The summed E-state index contributed by atoms with van der Waals surface area (Å²) >= 11 is 6.20. The van der Waals surface area contributed by atoms with E-state index in [1.807, 2.05) is 6.07 Å². The third-order valence-corrected chi connectivity index (χ3v) is 4.66. The Bertz CT molecular complexity index is 927. The van der Waals surface area contributed by atoms with Crippen molar-refractivity contribution in [3.05, 3.63) is 64.9 Å². The molecule has 0 unspecified atom stereocenters. The second-order valence-electron chi connectivity index (χ2n) is 6.20. The van der Waals surface area contributed by atoms with Crippen LogP contribution in [0.25, 0.3) is 6.08 Å². The SMILES string of the molecule is COC(CNC(=O)CN1C(=O)C(=Cc2ccccc2Cl)Oc2ccccc21)OC. The van der Waals surface area contributed by atoms with E-state index in [1.165, 1.54) is 19.1 Å². The van der Waals surface area contributed by atoms with Gasteiger partial charge in [0.05, 0.1) is 12.2 Å². The van der Waals surface area contributed by atoms with Crippen molar-refractivity contribution < 1.29 is 23.8 Å². The monoisotopic (exact) mass is 416 g/mol. The zero-order valence-electron chi connectivity index (χ0n) is 16.1. The Morgan fingerprint density at radius 2 is 1.86 bits per heavy atom. The highest BCUT2D eigenvalue weighted by molar-refractivity contribution is 6.32. The molecule has 2 aromatic carbocycles. The Morgan fingerprint density at radius 1 is 1.17 bits per heavy atom. The fraction of sp³-hybridized carbons (Fsp3) is 0.238. The molecule has 29 heavy (non-hydrogen) atoms. The Balaban J connectivity index is 1.84. The number of benzene rings is 2. The second kappa shape index (κ2) is 9.56. The summed E-state index contributed by atoms with van der Waals surface area (Å²) in [7, 11) is 2.96. The van der Waals surface area contributed by atoms with Crippen LogP contribution in [0.1, 0.15) is 5.56 Å². The highest BCUT2D eigenvalue weighted by Crippen LogP contribution is 2.35. The van der Waals surface area contributed by atoms with Gasteiger partial charge < -0.3 is 19.5 Å². The first-order valence-corrected chi connectivity index (χ1v) is 9.28. The molecule has 1 aliphatic rings. The van der Waals surface area contributed by atoms with Gasteiger partial charge in [-0.05, 0) is 29.8 Å². The maximum Gasteiger partial charge on any atom is 0.294 e. The number of nitrogens with zero attached hydrogens (tertiary/aromatic N) is 1. The van der Waals surface area contributed by atoms with Crippen molar-refractivity contribution >= 4 is 35.2 Å². The summed E-state index contributed by atoms with van der Waals surface area (Å²) in [6.45, 7) is -0.0203. The van der Waals surface area contributed by atoms with Crippen LogP contribution in [0.4, 0.5) is 5.69 Å². The van der Waals surface area contributed by atoms with Gasteiger partial charge in [-0.3, -0.25) is 14.5 Å². The highest BCUT2D eigenvalue weighted by atomic mass is 35.5. The lowest BCUT2D eigenvalue weighted by atomic mass is 10.1. The molecule has 0 aromatic heterocycles. The molecule has 1 heterocycles. The van der Waals surface area contributed by atoms with Gasteiger partial charge in [0.25, 0.3) is 5.91 Å². The predicted octanol–water partition coefficient (Wildman–Crippen LogP) is 2.84. The number of hydrogen-bond donors (Lipinski definition) is 1. The molecule has 8 heteroatoms. The molecular formula is C21H21ClN2O5. The molecule has 0 bridgehead atoms. The average Bonchev–Trinajstić information content (AvgIpc) is 2.73. The van der Waals surface area contributed by atoms with Crippen LogP contribution in [-0.4, -0.2) is 45.4 Å². The number of hydrogen-bond acceptors (Lipinski definition) is 5. The summed E-state index contributed by atoms with van der Waals surface area (Å²) in [4.78, 5) is 26.8. The fourth-order valence-corrected chi connectivity index (χ4v) is 3.00. The molecule has 152 valence electrons. The van der Waals surface area contributed by atoms with E-state index < -0.39 is 12.2 Å². The zero-order chi connectivity index (χ0) is 20.8. The largest absolute Gasteiger partial charge is 0.449 e. The molecule has 1 N–H and O–H groups in total. The summed E-state index contributed by atoms with van der Waals surface area (Å²) in [6, 6.07) is 14.1. The number of methoxy groups -OCH3 is 2. The average molecular weight is 417 g/mol. The molecule has 2 aromatic rings. The van der Waals surface area contributed by atoms with Crippen LogP contribution in [0.15, 0.2) is 54.3 Å². The molecule has 7 nitrogen and oxygen atoms in total. The Morgan fingerprint density at radius 3 is 2.59 bits per heavy atom. The standard InChI is InChI=1S/C21H21ClN2O5/c1-27-20(28-2)12-23-19(25)13-24-16-9-5-6-10-17(16)29-18(21(24)26)11-14-7-3-4-8-15(14)22/h3-11,20H,12-13H2,1-2H3,(H,23,25). The van der Waals surface area contributed by atoms with Crippen LogP contribution in [0.3, 0.4) is 0 Å². The van der Waals surface area contributed by atoms with Crippen LogP contribution in [0.2, 0.25) is 5.02 Å². The Labute approximate surface area is 173 Å². The molecule has 0 spiro atoms. The predicted molar refractivity (Wildman–Crippen MR) is 110 cm³/mol. The number of carbonyl (C=O) groups excluding carboxylic acids is 2. The first-order valence-electron chi connectivity index (χ1n) is 8.90. The van der Waals surface area contributed by atoms with Gasteiger partial charge in [-0.1, -0.05) is 41.9 Å². The minimum atomic E-state index is -0.567. The van der Waals surface area contributed by atoms with Crippen molar-refractivity contribution in [2.75, 3.05) is 32.2 Å². The van der Waals surface area contributed by atoms with Crippen molar-refractivity contribution in [1.29, 1.82) is 0 Å². The fourth-order valence-electron chi connectivity index (χ4n) is 2.81. The van der Waals surface area contributed by atoms with Crippen LogP contribution in [-0.2, 0) is 19.1 Å². The summed E-state index contributed by atoms with van der Waals surface area (Å²) in [5.74, 6) is -0.235. The quantitative estimate of drug-likeness (QED) is 0.554. The van der Waals surface area contributed by atoms with E-state index in [4.69, 9.17) is 25.8 Å². The van der Waals surface area contributed by atoms with Gasteiger partial charge in [0.2, 0.25) is 5.91 Å². The maximum absolute atomic E-state index is 13.1. The highest BCUT2D eigenvalue weighted by Gasteiger charge is 2.31. The van der Waals surface area contributed by atoms with E-state index >= 15 is 0 Å². The molecule has 1 aliphatic heterocycles. The van der Waals surface area contributed by atoms with Crippen molar-refractivity contribution in [3.63, 3.8) is 0 Å². The smallest absolute Gasteiger partial charge is 0.294 e. The number of anilines is 1. The van der Waals surface area contributed by atoms with Crippen LogP contribution < -0.4 is 15.0 Å². The van der Waals surface area contributed by atoms with Gasteiger partial charge in [0.1, 0.15) is 6.54 Å². The molecular weight excluding hydrogens is 396 g/mol. The molecule has 0 radical (unpaired) electrons. The van der Waals surface area contributed by atoms with Gasteiger partial charge in [-0.15, -0.1) is 0 Å². The number of halogens is 1.